The molecule has 0 aromatic heterocycles. The van der Waals surface area contributed by atoms with Crippen molar-refractivity contribution in [2.24, 2.45) is 0 Å². The molecular weight excluding hydrogens is 262 g/mol. The Morgan fingerprint density at radius 1 is 0.619 bits per heavy atom. The molecule has 0 N–H and O–H groups in total. The summed E-state index contributed by atoms with van der Waals surface area (Å²) in [5, 5.41) is 10.8. The van der Waals surface area contributed by atoms with Crippen molar-refractivity contribution in [3.8, 4) is 11.1 Å². The van der Waals surface area contributed by atoms with Gasteiger partial charge in [0, 0.05) is 6.07 Å². The number of rotatable bonds is 2. The van der Waals surface area contributed by atoms with Gasteiger partial charge in [0.25, 0.3) is 5.69 Å². The molecule has 0 radical (unpaired) electrons. The fourth-order valence-electron chi connectivity index (χ4n) is 1.88. The minimum atomic E-state index is -0.359. The lowest BCUT2D eigenvalue weighted by Crippen LogP contribution is -1.90. The van der Waals surface area contributed by atoms with Gasteiger partial charge >= 0.3 is 0 Å². The molecule has 0 atom stereocenters. The van der Waals surface area contributed by atoms with E-state index in [4.69, 9.17) is 0 Å². The van der Waals surface area contributed by atoms with Crippen LogP contribution in [0.3, 0.4) is 0 Å². The maximum atomic E-state index is 10.8. The van der Waals surface area contributed by atoms with Gasteiger partial charge in [0.05, 0.1) is 10.5 Å². The first-order valence-corrected chi connectivity index (χ1v) is 6.58. The van der Waals surface area contributed by atoms with Gasteiger partial charge in [-0.15, -0.1) is 0 Å². The fourth-order valence-corrected chi connectivity index (χ4v) is 1.88. The van der Waals surface area contributed by atoms with Gasteiger partial charge in [0.15, 0.2) is 0 Å². The molecule has 0 saturated carbocycles. The van der Waals surface area contributed by atoms with Crippen molar-refractivity contribution in [1.29, 1.82) is 0 Å². The van der Waals surface area contributed by atoms with Crippen LogP contribution in [-0.4, -0.2) is 4.92 Å². The van der Waals surface area contributed by atoms with Crippen LogP contribution in [0.1, 0.15) is 0 Å². The first kappa shape index (κ1) is 14.5. The van der Waals surface area contributed by atoms with Crippen molar-refractivity contribution in [3.63, 3.8) is 0 Å². The summed E-state index contributed by atoms with van der Waals surface area (Å²) in [6.45, 7) is 0. The molecule has 0 saturated heterocycles. The number of para-hydroxylation sites is 1. The number of hydrogen-bond donors (Lipinski definition) is 0. The third-order valence-corrected chi connectivity index (χ3v) is 2.85. The van der Waals surface area contributed by atoms with E-state index >= 15 is 0 Å². The molecule has 0 heterocycles. The van der Waals surface area contributed by atoms with Crippen LogP contribution in [0.15, 0.2) is 91.0 Å². The minimum Gasteiger partial charge on any atom is -0.258 e. The molecule has 3 nitrogen and oxygen atoms in total. The molecular formula is C18H15NO2. The largest absolute Gasteiger partial charge is 0.277 e. The van der Waals surface area contributed by atoms with Gasteiger partial charge in [-0.2, -0.15) is 0 Å². The molecule has 3 aromatic rings. The highest BCUT2D eigenvalue weighted by atomic mass is 16.6. The molecule has 3 aromatic carbocycles. The van der Waals surface area contributed by atoms with Gasteiger partial charge in [0.1, 0.15) is 0 Å². The van der Waals surface area contributed by atoms with Gasteiger partial charge in [-0.05, 0) is 11.6 Å². The van der Waals surface area contributed by atoms with E-state index in [0.717, 1.165) is 5.56 Å². The zero-order valence-electron chi connectivity index (χ0n) is 11.4. The molecule has 21 heavy (non-hydrogen) atoms. The SMILES string of the molecule is O=[N+]([O-])c1ccccc1-c1ccccc1.c1ccccc1. The topological polar surface area (TPSA) is 43.1 Å². The molecule has 0 aliphatic carbocycles. The molecule has 0 aliphatic heterocycles. The Kier molecular flexibility index (Phi) is 5.24. The van der Waals surface area contributed by atoms with Crippen molar-refractivity contribution in [2.75, 3.05) is 0 Å². The molecule has 0 spiro atoms. The summed E-state index contributed by atoms with van der Waals surface area (Å²) in [7, 11) is 0. The summed E-state index contributed by atoms with van der Waals surface area (Å²) in [4.78, 5) is 10.4. The lowest BCUT2D eigenvalue weighted by molar-refractivity contribution is -0.384. The van der Waals surface area contributed by atoms with Crippen LogP contribution < -0.4 is 0 Å². The molecule has 0 unspecified atom stereocenters. The lowest BCUT2D eigenvalue weighted by Gasteiger charge is -2.01. The second-order valence-corrected chi connectivity index (χ2v) is 4.29. The van der Waals surface area contributed by atoms with Crippen molar-refractivity contribution < 1.29 is 4.92 Å². The van der Waals surface area contributed by atoms with E-state index in [1.165, 1.54) is 6.07 Å². The lowest BCUT2D eigenvalue weighted by atomic mass is 10.0. The molecule has 0 amide bonds. The monoisotopic (exact) mass is 277 g/mol. The summed E-state index contributed by atoms with van der Waals surface area (Å²) in [5.74, 6) is 0. The molecule has 3 heteroatoms. The Morgan fingerprint density at radius 2 is 1.05 bits per heavy atom. The summed E-state index contributed by atoms with van der Waals surface area (Å²) in [6.07, 6.45) is 0. The number of hydrogen-bond acceptors (Lipinski definition) is 2. The first-order chi connectivity index (χ1) is 10.3. The van der Waals surface area contributed by atoms with Crippen molar-refractivity contribution in [3.05, 3.63) is 101 Å². The Labute approximate surface area is 123 Å². The Morgan fingerprint density at radius 3 is 1.57 bits per heavy atom. The second kappa shape index (κ2) is 7.60. The quantitative estimate of drug-likeness (QED) is 0.491. The van der Waals surface area contributed by atoms with Crippen LogP contribution in [0.5, 0.6) is 0 Å². The van der Waals surface area contributed by atoms with Crippen LogP contribution in [-0.2, 0) is 0 Å². The van der Waals surface area contributed by atoms with E-state index in [-0.39, 0.29) is 10.6 Å². The number of nitrogens with zero attached hydrogens (tertiary/aromatic N) is 1. The van der Waals surface area contributed by atoms with Gasteiger partial charge in [-0.3, -0.25) is 10.1 Å². The normalized spacial score (nSPS) is 9.33. The maximum absolute atomic E-state index is 10.8. The summed E-state index contributed by atoms with van der Waals surface area (Å²) in [6, 6.07) is 28.1. The minimum absolute atomic E-state index is 0.142. The van der Waals surface area contributed by atoms with Crippen LogP contribution in [0, 0.1) is 10.1 Å². The van der Waals surface area contributed by atoms with E-state index in [9.17, 15) is 10.1 Å². The van der Waals surface area contributed by atoms with E-state index in [2.05, 4.69) is 0 Å². The summed E-state index contributed by atoms with van der Waals surface area (Å²) in [5.41, 5.74) is 1.66. The van der Waals surface area contributed by atoms with Crippen LogP contribution in [0.4, 0.5) is 5.69 Å². The van der Waals surface area contributed by atoms with E-state index < -0.39 is 0 Å². The van der Waals surface area contributed by atoms with Crippen molar-refractivity contribution >= 4 is 5.69 Å². The predicted octanol–water partition coefficient (Wildman–Crippen LogP) is 4.95. The van der Waals surface area contributed by atoms with Gasteiger partial charge in [0.2, 0.25) is 0 Å². The highest BCUT2D eigenvalue weighted by Gasteiger charge is 2.12. The zero-order valence-corrected chi connectivity index (χ0v) is 11.4. The average Bonchev–Trinajstić information content (AvgIpc) is 2.58. The van der Waals surface area contributed by atoms with Crippen molar-refractivity contribution in [2.45, 2.75) is 0 Å². The Hall–Kier alpha value is -2.94. The molecule has 104 valence electrons. The number of nitro benzene ring substituents is 1. The fraction of sp³-hybridized carbons (Fsp3) is 0. The molecule has 0 aliphatic rings. The third kappa shape index (κ3) is 4.28. The molecule has 0 fully saturated rings. The highest BCUT2D eigenvalue weighted by molar-refractivity contribution is 5.73. The summed E-state index contributed by atoms with van der Waals surface area (Å²) >= 11 is 0. The highest BCUT2D eigenvalue weighted by Crippen LogP contribution is 2.28. The van der Waals surface area contributed by atoms with Crippen LogP contribution in [0.2, 0.25) is 0 Å². The van der Waals surface area contributed by atoms with Crippen LogP contribution in [0.25, 0.3) is 11.1 Å². The standard InChI is InChI=1S/C12H9NO2.C6H6/c14-13(15)12-9-5-4-8-11(12)10-6-2-1-3-7-10;1-2-4-6-5-3-1/h1-9H;1-6H. The Bertz CT molecular complexity index is 655. The third-order valence-electron chi connectivity index (χ3n) is 2.85. The Balaban J connectivity index is 0.000000225. The number of nitro groups is 1. The van der Waals surface area contributed by atoms with Gasteiger partial charge < -0.3 is 0 Å². The van der Waals surface area contributed by atoms with Crippen LogP contribution >= 0.6 is 0 Å². The molecule has 3 rings (SSSR count). The maximum Gasteiger partial charge on any atom is 0.277 e. The second-order valence-electron chi connectivity index (χ2n) is 4.29. The van der Waals surface area contributed by atoms with Gasteiger partial charge in [-0.1, -0.05) is 78.9 Å². The summed E-state index contributed by atoms with van der Waals surface area (Å²) < 4.78 is 0. The van der Waals surface area contributed by atoms with E-state index in [1.54, 1.807) is 18.2 Å². The van der Waals surface area contributed by atoms with Crippen molar-refractivity contribution in [1.82, 2.24) is 0 Å². The van der Waals surface area contributed by atoms with E-state index in [1.807, 2.05) is 66.7 Å². The average molecular weight is 277 g/mol. The smallest absolute Gasteiger partial charge is 0.258 e. The number of benzene rings is 3. The predicted molar refractivity (Wildman–Crippen MR) is 85.0 cm³/mol. The van der Waals surface area contributed by atoms with E-state index in [0.29, 0.717) is 5.56 Å². The first-order valence-electron chi connectivity index (χ1n) is 6.58. The van der Waals surface area contributed by atoms with Gasteiger partial charge in [-0.25, -0.2) is 0 Å². The molecule has 0 bridgehead atoms. The zero-order chi connectivity index (χ0) is 14.9.